The third-order valence-corrected chi connectivity index (χ3v) is 2.83. The topological polar surface area (TPSA) is 55.1 Å². The van der Waals surface area contributed by atoms with E-state index in [0.29, 0.717) is 37.9 Å². The summed E-state index contributed by atoms with van der Waals surface area (Å²) in [5.74, 6) is -0.282. The first-order valence-corrected chi connectivity index (χ1v) is 6.33. The van der Waals surface area contributed by atoms with Gasteiger partial charge in [0.05, 0.1) is 0 Å². The standard InChI is InChI=1S/C12H16BrFN2O.ClH/c13-10-3-4-11(14)9(8-10)5-7-16-12(17)2-1-6-15;/h3-4,8H,1-2,5-7,15H2,(H,16,17);1H. The van der Waals surface area contributed by atoms with Crippen molar-refractivity contribution in [2.24, 2.45) is 5.73 Å². The van der Waals surface area contributed by atoms with Crippen LogP contribution in [0.1, 0.15) is 18.4 Å². The summed E-state index contributed by atoms with van der Waals surface area (Å²) in [6, 6.07) is 4.79. The van der Waals surface area contributed by atoms with Crippen LogP contribution in [0.3, 0.4) is 0 Å². The van der Waals surface area contributed by atoms with E-state index in [-0.39, 0.29) is 24.1 Å². The molecule has 0 aromatic heterocycles. The average Bonchev–Trinajstić information content (AvgIpc) is 2.31. The Kier molecular flexibility index (Phi) is 8.97. The predicted octanol–water partition coefficient (Wildman–Crippen LogP) is 2.41. The molecular weight excluding hydrogens is 322 g/mol. The van der Waals surface area contributed by atoms with Gasteiger partial charge in [-0.05, 0) is 43.1 Å². The largest absolute Gasteiger partial charge is 0.356 e. The highest BCUT2D eigenvalue weighted by Crippen LogP contribution is 2.15. The zero-order valence-corrected chi connectivity index (χ0v) is 12.3. The molecule has 1 aromatic carbocycles. The number of amides is 1. The van der Waals surface area contributed by atoms with E-state index in [0.717, 1.165) is 4.47 Å². The van der Waals surface area contributed by atoms with Crippen molar-refractivity contribution in [3.63, 3.8) is 0 Å². The highest BCUT2D eigenvalue weighted by molar-refractivity contribution is 9.10. The van der Waals surface area contributed by atoms with Gasteiger partial charge in [-0.25, -0.2) is 4.39 Å². The van der Waals surface area contributed by atoms with Crippen LogP contribution in [0.25, 0.3) is 0 Å². The highest BCUT2D eigenvalue weighted by atomic mass is 79.9. The molecule has 102 valence electrons. The van der Waals surface area contributed by atoms with Gasteiger partial charge in [0, 0.05) is 17.4 Å². The van der Waals surface area contributed by atoms with E-state index in [9.17, 15) is 9.18 Å². The highest BCUT2D eigenvalue weighted by Gasteiger charge is 2.04. The van der Waals surface area contributed by atoms with Gasteiger partial charge in [0.25, 0.3) is 0 Å². The van der Waals surface area contributed by atoms with Crippen LogP contribution in [0.2, 0.25) is 0 Å². The van der Waals surface area contributed by atoms with Crippen LogP contribution in [0, 0.1) is 5.82 Å². The van der Waals surface area contributed by atoms with E-state index >= 15 is 0 Å². The molecule has 6 heteroatoms. The summed E-state index contributed by atoms with van der Waals surface area (Å²) in [4.78, 5) is 11.3. The van der Waals surface area contributed by atoms with E-state index in [4.69, 9.17) is 5.73 Å². The Balaban J connectivity index is 0.00000289. The number of hydrogen-bond acceptors (Lipinski definition) is 2. The van der Waals surface area contributed by atoms with Gasteiger partial charge in [0.2, 0.25) is 5.91 Å². The van der Waals surface area contributed by atoms with Crippen molar-refractivity contribution >= 4 is 34.2 Å². The van der Waals surface area contributed by atoms with Crippen LogP contribution >= 0.6 is 28.3 Å². The van der Waals surface area contributed by atoms with Crippen LogP contribution < -0.4 is 11.1 Å². The van der Waals surface area contributed by atoms with Crippen LogP contribution in [-0.4, -0.2) is 19.0 Å². The maximum absolute atomic E-state index is 13.3. The van der Waals surface area contributed by atoms with Crippen molar-refractivity contribution in [3.8, 4) is 0 Å². The van der Waals surface area contributed by atoms with Gasteiger partial charge in [0.1, 0.15) is 5.82 Å². The minimum absolute atomic E-state index is 0. The third kappa shape index (κ3) is 6.33. The van der Waals surface area contributed by atoms with Gasteiger partial charge in [-0.1, -0.05) is 15.9 Å². The van der Waals surface area contributed by atoms with Crippen molar-refractivity contribution in [2.75, 3.05) is 13.1 Å². The number of carbonyl (C=O) groups excluding carboxylic acids is 1. The molecule has 0 saturated carbocycles. The van der Waals surface area contributed by atoms with E-state index in [1.807, 2.05) is 0 Å². The molecule has 0 radical (unpaired) electrons. The Labute approximate surface area is 121 Å². The molecule has 0 saturated heterocycles. The summed E-state index contributed by atoms with van der Waals surface area (Å²) < 4.78 is 14.2. The molecule has 0 bridgehead atoms. The van der Waals surface area contributed by atoms with Crippen molar-refractivity contribution in [3.05, 3.63) is 34.1 Å². The lowest BCUT2D eigenvalue weighted by molar-refractivity contribution is -0.121. The minimum atomic E-state index is -0.246. The van der Waals surface area contributed by atoms with Gasteiger partial charge in [-0.2, -0.15) is 0 Å². The lowest BCUT2D eigenvalue weighted by atomic mass is 10.1. The van der Waals surface area contributed by atoms with Gasteiger partial charge in [-0.15, -0.1) is 12.4 Å². The SMILES string of the molecule is Cl.NCCCC(=O)NCCc1cc(Br)ccc1F. The Hall–Kier alpha value is -0.650. The van der Waals surface area contributed by atoms with Crippen LogP contribution in [0.4, 0.5) is 4.39 Å². The normalized spacial score (nSPS) is 9.72. The van der Waals surface area contributed by atoms with Crippen molar-refractivity contribution in [2.45, 2.75) is 19.3 Å². The number of nitrogens with two attached hydrogens (primary N) is 1. The lowest BCUT2D eigenvalue weighted by Crippen LogP contribution is -2.26. The quantitative estimate of drug-likeness (QED) is 0.836. The van der Waals surface area contributed by atoms with Crippen LogP contribution in [0.15, 0.2) is 22.7 Å². The molecule has 0 aliphatic rings. The zero-order chi connectivity index (χ0) is 12.7. The first-order chi connectivity index (χ1) is 8.13. The van der Waals surface area contributed by atoms with E-state index < -0.39 is 0 Å². The number of nitrogens with one attached hydrogen (secondary N) is 1. The first-order valence-electron chi connectivity index (χ1n) is 5.54. The third-order valence-electron chi connectivity index (χ3n) is 2.33. The van der Waals surface area contributed by atoms with Gasteiger partial charge in [0.15, 0.2) is 0 Å². The fraction of sp³-hybridized carbons (Fsp3) is 0.417. The van der Waals surface area contributed by atoms with Crippen molar-refractivity contribution < 1.29 is 9.18 Å². The fourth-order valence-corrected chi connectivity index (χ4v) is 1.83. The van der Waals surface area contributed by atoms with Crippen molar-refractivity contribution in [1.82, 2.24) is 5.32 Å². The van der Waals surface area contributed by atoms with E-state index in [1.54, 1.807) is 12.1 Å². The predicted molar refractivity (Wildman–Crippen MR) is 76.4 cm³/mol. The molecule has 3 N–H and O–H groups in total. The molecule has 0 atom stereocenters. The van der Waals surface area contributed by atoms with Crippen LogP contribution in [-0.2, 0) is 11.2 Å². The summed E-state index contributed by atoms with van der Waals surface area (Å²) in [7, 11) is 0. The zero-order valence-electron chi connectivity index (χ0n) is 9.92. The number of rotatable bonds is 6. The Morgan fingerprint density at radius 1 is 1.44 bits per heavy atom. The monoisotopic (exact) mass is 338 g/mol. The molecule has 1 rings (SSSR count). The Morgan fingerprint density at radius 3 is 2.83 bits per heavy atom. The molecule has 3 nitrogen and oxygen atoms in total. The summed E-state index contributed by atoms with van der Waals surface area (Å²) >= 11 is 3.28. The Morgan fingerprint density at radius 2 is 2.17 bits per heavy atom. The van der Waals surface area contributed by atoms with E-state index in [1.165, 1.54) is 6.07 Å². The molecule has 18 heavy (non-hydrogen) atoms. The van der Waals surface area contributed by atoms with Crippen molar-refractivity contribution in [1.29, 1.82) is 0 Å². The molecule has 0 aliphatic heterocycles. The fourth-order valence-electron chi connectivity index (χ4n) is 1.42. The first kappa shape index (κ1) is 17.4. The number of benzene rings is 1. The number of halogens is 3. The molecule has 0 unspecified atom stereocenters. The second-order valence-corrected chi connectivity index (χ2v) is 4.64. The molecule has 0 heterocycles. The maximum atomic E-state index is 13.3. The second kappa shape index (κ2) is 9.30. The van der Waals surface area contributed by atoms with E-state index in [2.05, 4.69) is 21.2 Å². The van der Waals surface area contributed by atoms with Gasteiger partial charge in [-0.3, -0.25) is 4.79 Å². The number of carbonyl (C=O) groups is 1. The van der Waals surface area contributed by atoms with Gasteiger partial charge >= 0.3 is 0 Å². The lowest BCUT2D eigenvalue weighted by Gasteiger charge is -2.06. The van der Waals surface area contributed by atoms with Crippen LogP contribution in [0.5, 0.6) is 0 Å². The molecule has 0 aliphatic carbocycles. The maximum Gasteiger partial charge on any atom is 0.220 e. The molecule has 0 spiro atoms. The summed E-state index contributed by atoms with van der Waals surface area (Å²) in [6.45, 7) is 0.949. The smallest absolute Gasteiger partial charge is 0.220 e. The summed E-state index contributed by atoms with van der Waals surface area (Å²) in [6.07, 6.45) is 1.59. The molecular formula is C12H17BrClFN2O. The minimum Gasteiger partial charge on any atom is -0.356 e. The van der Waals surface area contributed by atoms with Gasteiger partial charge < -0.3 is 11.1 Å². The second-order valence-electron chi connectivity index (χ2n) is 3.73. The molecule has 0 fully saturated rings. The molecule has 1 aromatic rings. The number of hydrogen-bond donors (Lipinski definition) is 2. The summed E-state index contributed by atoms with van der Waals surface area (Å²) in [5, 5.41) is 2.74. The average molecular weight is 340 g/mol. The Bertz CT molecular complexity index is 390. The molecule has 1 amide bonds. The summed E-state index contributed by atoms with van der Waals surface area (Å²) in [5.41, 5.74) is 5.89.